The molecule has 4 rings (SSSR count). The molecule has 0 radical (unpaired) electrons. The van der Waals surface area contributed by atoms with Gasteiger partial charge in [-0.15, -0.1) is 11.8 Å². The topological polar surface area (TPSA) is 81.1 Å². The van der Waals surface area contributed by atoms with Crippen molar-refractivity contribution in [2.45, 2.75) is 4.90 Å². The van der Waals surface area contributed by atoms with Crippen LogP contribution in [0, 0.1) is 0 Å². The van der Waals surface area contributed by atoms with Crippen molar-refractivity contribution in [1.82, 2.24) is 14.5 Å². The number of methoxy groups -OCH3 is 1. The van der Waals surface area contributed by atoms with Crippen LogP contribution in [0.15, 0.2) is 78.1 Å². The van der Waals surface area contributed by atoms with Gasteiger partial charge in [0.15, 0.2) is 0 Å². The van der Waals surface area contributed by atoms with Crippen LogP contribution in [-0.4, -0.2) is 40.0 Å². The average Bonchev–Trinajstić information content (AvgIpc) is 3.20. The SMILES string of the molecule is COCCSc1ccc(NC(=O)Nc2ccc(-n3cnc4ccccc43)nc2)cc1. The van der Waals surface area contributed by atoms with E-state index in [9.17, 15) is 4.79 Å². The van der Waals surface area contributed by atoms with E-state index in [1.54, 1.807) is 31.4 Å². The number of aromatic nitrogens is 3. The van der Waals surface area contributed by atoms with Crippen LogP contribution in [0.4, 0.5) is 16.2 Å². The first-order chi connectivity index (χ1) is 14.7. The summed E-state index contributed by atoms with van der Waals surface area (Å²) < 4.78 is 6.96. The quantitative estimate of drug-likeness (QED) is 0.332. The van der Waals surface area contributed by atoms with E-state index in [1.165, 1.54) is 0 Å². The first-order valence-electron chi connectivity index (χ1n) is 9.41. The van der Waals surface area contributed by atoms with Crippen molar-refractivity contribution in [3.63, 3.8) is 0 Å². The summed E-state index contributed by atoms with van der Waals surface area (Å²) in [4.78, 5) is 22.2. The number of hydrogen-bond acceptors (Lipinski definition) is 5. The number of hydrogen-bond donors (Lipinski definition) is 2. The van der Waals surface area contributed by atoms with Crippen molar-refractivity contribution >= 4 is 40.2 Å². The minimum Gasteiger partial charge on any atom is -0.384 e. The number of ether oxygens (including phenoxy) is 1. The lowest BCUT2D eigenvalue weighted by Crippen LogP contribution is -2.19. The van der Waals surface area contributed by atoms with E-state index < -0.39 is 0 Å². The maximum atomic E-state index is 12.3. The van der Waals surface area contributed by atoms with Crippen LogP contribution in [0.1, 0.15) is 0 Å². The number of carbonyl (C=O) groups is 1. The van der Waals surface area contributed by atoms with E-state index in [4.69, 9.17) is 4.74 Å². The fraction of sp³-hybridized carbons (Fsp3) is 0.136. The summed E-state index contributed by atoms with van der Waals surface area (Å²) in [7, 11) is 1.69. The summed E-state index contributed by atoms with van der Waals surface area (Å²) in [6, 6.07) is 18.9. The standard InChI is InChI=1S/C22H21N5O2S/c1-29-12-13-30-18-9-6-16(7-10-18)25-22(28)26-17-8-11-21(23-14-17)27-15-24-19-4-2-3-5-20(19)27/h2-11,14-15H,12-13H2,1H3,(H2,25,26,28). The molecule has 0 aliphatic heterocycles. The van der Waals surface area contributed by atoms with Crippen LogP contribution in [0.2, 0.25) is 0 Å². The van der Waals surface area contributed by atoms with Crippen molar-refractivity contribution in [1.29, 1.82) is 0 Å². The zero-order valence-corrected chi connectivity index (χ0v) is 17.2. The van der Waals surface area contributed by atoms with Crippen molar-refractivity contribution in [2.24, 2.45) is 0 Å². The molecule has 0 saturated carbocycles. The lowest BCUT2D eigenvalue weighted by atomic mass is 10.3. The molecule has 2 heterocycles. The second-order valence-electron chi connectivity index (χ2n) is 6.45. The van der Waals surface area contributed by atoms with Crippen LogP contribution in [0.25, 0.3) is 16.9 Å². The second-order valence-corrected chi connectivity index (χ2v) is 7.62. The molecular weight excluding hydrogens is 398 g/mol. The van der Waals surface area contributed by atoms with Crippen LogP contribution in [0.3, 0.4) is 0 Å². The van der Waals surface area contributed by atoms with Gasteiger partial charge >= 0.3 is 6.03 Å². The Morgan fingerprint density at radius 1 is 1.00 bits per heavy atom. The van der Waals surface area contributed by atoms with Crippen LogP contribution < -0.4 is 10.6 Å². The lowest BCUT2D eigenvalue weighted by Gasteiger charge is -2.09. The second kappa shape index (κ2) is 9.43. The molecule has 4 aromatic rings. The number of para-hydroxylation sites is 2. The van der Waals surface area contributed by atoms with E-state index in [2.05, 4.69) is 20.6 Å². The van der Waals surface area contributed by atoms with Gasteiger partial charge in [0.25, 0.3) is 0 Å². The predicted molar refractivity (Wildman–Crippen MR) is 121 cm³/mol. The Bertz CT molecular complexity index is 1130. The zero-order valence-electron chi connectivity index (χ0n) is 16.4. The molecule has 0 atom stereocenters. The third-order valence-corrected chi connectivity index (χ3v) is 5.35. The molecule has 0 bridgehead atoms. The normalized spacial score (nSPS) is 10.8. The Kier molecular flexibility index (Phi) is 6.26. The van der Waals surface area contributed by atoms with E-state index in [1.807, 2.05) is 65.2 Å². The predicted octanol–water partition coefficient (Wildman–Crippen LogP) is 4.80. The van der Waals surface area contributed by atoms with E-state index in [-0.39, 0.29) is 6.03 Å². The number of rotatable bonds is 7. The number of benzene rings is 2. The molecule has 2 aromatic heterocycles. The molecule has 0 fully saturated rings. The van der Waals surface area contributed by atoms with Crippen LogP contribution >= 0.6 is 11.8 Å². The highest BCUT2D eigenvalue weighted by molar-refractivity contribution is 7.99. The first kappa shape index (κ1) is 19.9. The number of pyridine rings is 1. The zero-order chi connectivity index (χ0) is 20.8. The number of carbonyl (C=O) groups excluding carboxylic acids is 1. The van der Waals surface area contributed by atoms with Crippen molar-refractivity contribution in [3.05, 3.63) is 73.2 Å². The molecule has 2 aromatic carbocycles. The van der Waals surface area contributed by atoms with Gasteiger partial charge in [-0.05, 0) is 48.5 Å². The molecule has 0 aliphatic carbocycles. The third-order valence-electron chi connectivity index (χ3n) is 4.37. The number of urea groups is 1. The fourth-order valence-corrected chi connectivity index (χ4v) is 3.73. The molecule has 30 heavy (non-hydrogen) atoms. The summed E-state index contributed by atoms with van der Waals surface area (Å²) in [5.74, 6) is 1.62. The Morgan fingerprint density at radius 2 is 1.77 bits per heavy atom. The maximum Gasteiger partial charge on any atom is 0.323 e. The lowest BCUT2D eigenvalue weighted by molar-refractivity contribution is 0.218. The highest BCUT2D eigenvalue weighted by Gasteiger charge is 2.07. The molecule has 2 N–H and O–H groups in total. The van der Waals surface area contributed by atoms with Gasteiger partial charge < -0.3 is 15.4 Å². The minimum absolute atomic E-state index is 0.322. The highest BCUT2D eigenvalue weighted by atomic mass is 32.2. The summed E-state index contributed by atoms with van der Waals surface area (Å²) in [6.45, 7) is 0.705. The van der Waals surface area contributed by atoms with Crippen molar-refractivity contribution in [3.8, 4) is 5.82 Å². The Labute approximate surface area is 178 Å². The summed E-state index contributed by atoms with van der Waals surface area (Å²) in [5.41, 5.74) is 3.21. The van der Waals surface area contributed by atoms with Gasteiger partial charge in [0.05, 0.1) is 29.5 Å². The van der Waals surface area contributed by atoms with E-state index in [0.717, 1.165) is 33.2 Å². The van der Waals surface area contributed by atoms with Gasteiger partial charge in [-0.1, -0.05) is 12.1 Å². The van der Waals surface area contributed by atoms with Gasteiger partial charge in [0, 0.05) is 23.4 Å². The number of anilines is 2. The van der Waals surface area contributed by atoms with E-state index in [0.29, 0.717) is 12.3 Å². The number of amides is 2. The number of imidazole rings is 1. The summed E-state index contributed by atoms with van der Waals surface area (Å²) >= 11 is 1.71. The highest BCUT2D eigenvalue weighted by Crippen LogP contribution is 2.21. The van der Waals surface area contributed by atoms with Gasteiger partial charge in [-0.2, -0.15) is 0 Å². The number of nitrogens with zero attached hydrogens (tertiary/aromatic N) is 3. The molecule has 8 heteroatoms. The Balaban J connectivity index is 1.36. The molecule has 0 saturated heterocycles. The number of nitrogens with one attached hydrogen (secondary N) is 2. The molecule has 0 aliphatic rings. The largest absolute Gasteiger partial charge is 0.384 e. The molecule has 0 spiro atoms. The molecule has 0 unspecified atom stereocenters. The number of fused-ring (bicyclic) bond motifs is 1. The summed E-state index contributed by atoms with van der Waals surface area (Å²) in [5, 5.41) is 5.62. The summed E-state index contributed by atoms with van der Waals surface area (Å²) in [6.07, 6.45) is 3.36. The minimum atomic E-state index is -0.322. The van der Waals surface area contributed by atoms with Gasteiger partial charge in [0.2, 0.25) is 0 Å². The fourth-order valence-electron chi connectivity index (χ4n) is 2.92. The third kappa shape index (κ3) is 4.79. The van der Waals surface area contributed by atoms with E-state index >= 15 is 0 Å². The smallest absolute Gasteiger partial charge is 0.323 e. The van der Waals surface area contributed by atoms with Crippen LogP contribution in [0.5, 0.6) is 0 Å². The van der Waals surface area contributed by atoms with Gasteiger partial charge in [-0.25, -0.2) is 14.8 Å². The average molecular weight is 420 g/mol. The van der Waals surface area contributed by atoms with Crippen molar-refractivity contribution in [2.75, 3.05) is 30.1 Å². The molecular formula is C22H21N5O2S. The molecule has 7 nitrogen and oxygen atoms in total. The monoisotopic (exact) mass is 419 g/mol. The van der Waals surface area contributed by atoms with Gasteiger partial charge in [-0.3, -0.25) is 4.57 Å². The maximum absolute atomic E-state index is 12.3. The van der Waals surface area contributed by atoms with Crippen molar-refractivity contribution < 1.29 is 9.53 Å². The molecule has 152 valence electrons. The Hall–Kier alpha value is -3.36. The molecule has 2 amide bonds. The first-order valence-corrected chi connectivity index (χ1v) is 10.4. The van der Waals surface area contributed by atoms with Crippen LogP contribution in [-0.2, 0) is 4.74 Å². The number of thioether (sulfide) groups is 1. The van der Waals surface area contributed by atoms with Gasteiger partial charge in [0.1, 0.15) is 12.1 Å². The Morgan fingerprint density at radius 3 is 2.53 bits per heavy atom.